The molecule has 0 aliphatic carbocycles. The topological polar surface area (TPSA) is 115 Å². The van der Waals surface area contributed by atoms with Crippen molar-refractivity contribution in [3.8, 4) is 0 Å². The summed E-state index contributed by atoms with van der Waals surface area (Å²) in [5, 5.41) is 9.05. The third kappa shape index (κ3) is 11.4. The highest BCUT2D eigenvalue weighted by atomic mass is 35.5. The molecule has 11 nitrogen and oxygen atoms in total. The van der Waals surface area contributed by atoms with Gasteiger partial charge in [-0.05, 0) is 35.4 Å². The molecule has 43 heavy (non-hydrogen) atoms. The monoisotopic (exact) mass is 638 g/mol. The summed E-state index contributed by atoms with van der Waals surface area (Å²) in [5.74, 6) is -0.741. The maximum absolute atomic E-state index is 13.7. The normalized spacial score (nSPS) is 11.3. The predicted molar refractivity (Wildman–Crippen MR) is 162 cm³/mol. The van der Waals surface area contributed by atoms with E-state index in [2.05, 4.69) is 17.2 Å². The van der Waals surface area contributed by atoms with Gasteiger partial charge in [0.25, 0.3) is 0 Å². The summed E-state index contributed by atoms with van der Waals surface area (Å²) >= 11 is 12.4. The molecular formula is C29H37Cl2FN6O5. The van der Waals surface area contributed by atoms with Gasteiger partial charge in [0, 0.05) is 56.7 Å². The second-order valence-electron chi connectivity index (χ2n) is 9.38. The molecule has 2 rings (SSSR count). The van der Waals surface area contributed by atoms with Crippen molar-refractivity contribution in [3.63, 3.8) is 0 Å². The van der Waals surface area contributed by atoms with Crippen LogP contribution in [0, 0.1) is 5.82 Å². The minimum atomic E-state index is -1.02. The number of amides is 5. The summed E-state index contributed by atoms with van der Waals surface area (Å²) in [6.07, 6.45) is 0.236. The van der Waals surface area contributed by atoms with Gasteiger partial charge in [0.15, 0.2) is 0 Å². The van der Waals surface area contributed by atoms with E-state index < -0.39 is 24.1 Å². The average molecular weight is 640 g/mol. The number of halogens is 3. The lowest BCUT2D eigenvalue weighted by molar-refractivity contribution is -0.140. The van der Waals surface area contributed by atoms with Crippen LogP contribution in [-0.2, 0) is 27.4 Å². The molecule has 0 bridgehead atoms. The fourth-order valence-corrected chi connectivity index (χ4v) is 4.42. The molecule has 234 valence electrons. The fraction of sp³-hybridized carbons (Fsp3) is 0.379. The van der Waals surface area contributed by atoms with Gasteiger partial charge in [-0.25, -0.2) is 24.0 Å². The maximum Gasteiger partial charge on any atom is 0.407 e. The van der Waals surface area contributed by atoms with E-state index in [1.807, 2.05) is 6.92 Å². The lowest BCUT2D eigenvalue weighted by Gasteiger charge is -2.43. The largest absolute Gasteiger partial charge is 0.445 e. The molecule has 2 aromatic rings. The van der Waals surface area contributed by atoms with Crippen molar-refractivity contribution in [1.29, 1.82) is 0 Å². The molecule has 0 aliphatic heterocycles. The Morgan fingerprint density at radius 2 is 1.81 bits per heavy atom. The zero-order chi connectivity index (χ0) is 31.9. The standard InChI is InChI=1S/C29H37Cl2FN6O5/c1-5-15-43-29(42)33-13-14-36(20-39)27(19-37(21(3)40)18-23-9-10-24(30)16-26(23)31)38(35(4)6-2)28(41)34-17-22-7-11-25(32)12-8-22/h5,7-12,16,20,27H,1,6,13-15,17-19H2,2-4H3,(H,33,42)(H,34,41). The van der Waals surface area contributed by atoms with Crippen LogP contribution >= 0.6 is 23.2 Å². The summed E-state index contributed by atoms with van der Waals surface area (Å²) in [6, 6.07) is 9.99. The Morgan fingerprint density at radius 1 is 1.12 bits per heavy atom. The number of hydrogen-bond acceptors (Lipinski definition) is 6. The summed E-state index contributed by atoms with van der Waals surface area (Å²) in [7, 11) is 1.66. The van der Waals surface area contributed by atoms with Gasteiger partial charge >= 0.3 is 12.1 Å². The average Bonchev–Trinajstić information content (AvgIpc) is 2.98. The summed E-state index contributed by atoms with van der Waals surface area (Å²) < 4.78 is 18.3. The van der Waals surface area contributed by atoms with Crippen LogP contribution in [-0.4, -0.2) is 90.3 Å². The van der Waals surface area contributed by atoms with E-state index in [4.69, 9.17) is 27.9 Å². The quantitative estimate of drug-likeness (QED) is 0.123. The van der Waals surface area contributed by atoms with Crippen molar-refractivity contribution in [3.05, 3.63) is 82.1 Å². The first-order chi connectivity index (χ1) is 20.5. The van der Waals surface area contributed by atoms with Crippen molar-refractivity contribution >= 4 is 47.6 Å². The molecule has 0 radical (unpaired) electrons. The third-order valence-electron chi connectivity index (χ3n) is 6.37. The lowest BCUT2D eigenvalue weighted by Crippen LogP contribution is -2.63. The Bertz CT molecular complexity index is 1250. The van der Waals surface area contributed by atoms with Crippen LogP contribution in [0.25, 0.3) is 0 Å². The number of nitrogens with one attached hydrogen (secondary N) is 2. The van der Waals surface area contributed by atoms with Crippen LogP contribution in [0.3, 0.4) is 0 Å². The van der Waals surface area contributed by atoms with Crippen LogP contribution in [0.2, 0.25) is 10.0 Å². The van der Waals surface area contributed by atoms with Crippen molar-refractivity contribution in [2.45, 2.75) is 33.1 Å². The van der Waals surface area contributed by atoms with E-state index in [0.29, 0.717) is 34.1 Å². The molecule has 2 N–H and O–H groups in total. The van der Waals surface area contributed by atoms with Crippen LogP contribution in [0.5, 0.6) is 0 Å². The van der Waals surface area contributed by atoms with Gasteiger partial charge in [0.2, 0.25) is 12.3 Å². The molecule has 0 spiro atoms. The van der Waals surface area contributed by atoms with Crippen LogP contribution in [0.4, 0.5) is 14.0 Å². The number of nitrogens with zero attached hydrogens (tertiary/aromatic N) is 4. The van der Waals surface area contributed by atoms with E-state index in [-0.39, 0.29) is 45.2 Å². The van der Waals surface area contributed by atoms with Crippen molar-refractivity contribution in [2.75, 3.05) is 39.8 Å². The first kappa shape index (κ1) is 35.3. The fourth-order valence-electron chi connectivity index (χ4n) is 3.96. The summed E-state index contributed by atoms with van der Waals surface area (Å²) in [5.41, 5.74) is 1.27. The summed E-state index contributed by atoms with van der Waals surface area (Å²) in [6.45, 7) is 7.05. The van der Waals surface area contributed by atoms with Crippen molar-refractivity contribution in [1.82, 2.24) is 30.5 Å². The second-order valence-corrected chi connectivity index (χ2v) is 10.2. The van der Waals surface area contributed by atoms with E-state index in [0.717, 1.165) is 0 Å². The molecule has 2 aromatic carbocycles. The number of hydrazine groups is 1. The first-order valence-corrected chi connectivity index (χ1v) is 14.2. The number of ether oxygens (including phenoxy) is 1. The zero-order valence-electron chi connectivity index (χ0n) is 24.4. The number of hydrogen-bond donors (Lipinski definition) is 2. The van der Waals surface area contributed by atoms with E-state index in [1.54, 1.807) is 42.4 Å². The third-order valence-corrected chi connectivity index (χ3v) is 6.95. The highest BCUT2D eigenvalue weighted by Gasteiger charge is 2.34. The number of carbonyl (C=O) groups is 4. The molecule has 14 heteroatoms. The number of alkyl carbamates (subject to hydrolysis) is 1. The molecular weight excluding hydrogens is 602 g/mol. The second kappa shape index (κ2) is 17.9. The molecule has 1 unspecified atom stereocenters. The van der Waals surface area contributed by atoms with E-state index in [9.17, 15) is 23.6 Å². The molecule has 1 atom stereocenters. The highest BCUT2D eigenvalue weighted by molar-refractivity contribution is 6.35. The van der Waals surface area contributed by atoms with Gasteiger partial charge in [0.05, 0.1) is 6.54 Å². The smallest absolute Gasteiger partial charge is 0.407 e. The van der Waals surface area contributed by atoms with Gasteiger partial charge in [0.1, 0.15) is 18.6 Å². The molecule has 0 heterocycles. The SMILES string of the molecule is C=CCOC(=O)NCCN(C=O)C(CN(Cc1ccc(Cl)cc1Cl)C(C)=O)N(C(=O)NCc1ccc(F)cc1)N(C)CC. The van der Waals surface area contributed by atoms with Gasteiger partial charge in [-0.1, -0.05) is 61.0 Å². The number of carbonyl (C=O) groups excluding carboxylic acids is 4. The molecule has 0 saturated carbocycles. The Balaban J connectivity index is 2.40. The van der Waals surface area contributed by atoms with Crippen LogP contribution in [0.15, 0.2) is 55.1 Å². The Hall–Kier alpha value is -3.87. The van der Waals surface area contributed by atoms with E-state index >= 15 is 0 Å². The highest BCUT2D eigenvalue weighted by Crippen LogP contribution is 2.23. The molecule has 5 amide bonds. The van der Waals surface area contributed by atoms with Gasteiger partial charge in [-0.15, -0.1) is 0 Å². The van der Waals surface area contributed by atoms with E-state index in [1.165, 1.54) is 39.9 Å². The van der Waals surface area contributed by atoms with Gasteiger partial charge < -0.3 is 25.2 Å². The van der Waals surface area contributed by atoms with Crippen molar-refractivity contribution < 1.29 is 28.3 Å². The van der Waals surface area contributed by atoms with Crippen molar-refractivity contribution in [2.24, 2.45) is 0 Å². The molecule has 0 saturated heterocycles. The number of urea groups is 1. The number of rotatable bonds is 16. The van der Waals surface area contributed by atoms with Crippen LogP contribution in [0.1, 0.15) is 25.0 Å². The minimum Gasteiger partial charge on any atom is -0.445 e. The number of benzene rings is 2. The zero-order valence-corrected chi connectivity index (χ0v) is 25.9. The predicted octanol–water partition coefficient (Wildman–Crippen LogP) is 4.26. The minimum absolute atomic E-state index is 0.00478. The molecule has 0 aliphatic rings. The van der Waals surface area contributed by atoms with Crippen LogP contribution < -0.4 is 10.6 Å². The Labute approximate surface area is 261 Å². The van der Waals surface area contributed by atoms with Gasteiger partial charge in [-0.3, -0.25) is 9.59 Å². The van der Waals surface area contributed by atoms with Gasteiger partial charge in [-0.2, -0.15) is 0 Å². The molecule has 0 fully saturated rings. The maximum atomic E-state index is 13.7. The summed E-state index contributed by atoms with van der Waals surface area (Å²) in [4.78, 5) is 53.7. The molecule has 0 aromatic heterocycles. The first-order valence-electron chi connectivity index (χ1n) is 13.4. The Morgan fingerprint density at radius 3 is 2.40 bits per heavy atom. The Kier molecular flexibility index (Phi) is 14.7. The lowest BCUT2D eigenvalue weighted by atomic mass is 10.2.